The second-order valence-corrected chi connectivity index (χ2v) is 6.30. The minimum atomic E-state index is -0.155. The van der Waals surface area contributed by atoms with Gasteiger partial charge in [0.05, 0.1) is 12.7 Å². The fourth-order valence-electron chi connectivity index (χ4n) is 2.73. The molecule has 5 nitrogen and oxygen atoms in total. The first-order valence-corrected chi connectivity index (χ1v) is 9.13. The molecular weight excluding hydrogens is 330 g/mol. The smallest absolute Gasteiger partial charge is 0.255 e. The Morgan fingerprint density at radius 2 is 1.77 bits per heavy atom. The summed E-state index contributed by atoms with van der Waals surface area (Å²) in [5.41, 5.74) is 1.32. The van der Waals surface area contributed by atoms with E-state index in [9.17, 15) is 4.79 Å². The number of hydrogen-bond acceptors (Lipinski definition) is 4. The van der Waals surface area contributed by atoms with Crippen molar-refractivity contribution in [3.63, 3.8) is 0 Å². The summed E-state index contributed by atoms with van der Waals surface area (Å²) < 4.78 is 16.8. The van der Waals surface area contributed by atoms with Crippen LogP contribution in [0.3, 0.4) is 0 Å². The van der Waals surface area contributed by atoms with Gasteiger partial charge in [0.1, 0.15) is 18.1 Å². The van der Waals surface area contributed by atoms with Crippen molar-refractivity contribution >= 4 is 11.6 Å². The highest BCUT2D eigenvalue weighted by atomic mass is 16.5. The summed E-state index contributed by atoms with van der Waals surface area (Å²) in [5.74, 6) is 1.39. The fraction of sp³-hybridized carbons (Fsp3) is 0.381. The van der Waals surface area contributed by atoms with Gasteiger partial charge in [0.25, 0.3) is 5.91 Å². The van der Waals surface area contributed by atoms with Crippen molar-refractivity contribution in [2.75, 3.05) is 25.1 Å². The molecule has 1 unspecified atom stereocenters. The zero-order valence-electron chi connectivity index (χ0n) is 15.1. The van der Waals surface area contributed by atoms with Crippen LogP contribution in [0.4, 0.5) is 5.69 Å². The summed E-state index contributed by atoms with van der Waals surface area (Å²) in [5, 5.41) is 2.88. The molecule has 26 heavy (non-hydrogen) atoms. The third-order valence-electron chi connectivity index (χ3n) is 4.16. The first-order chi connectivity index (χ1) is 12.7. The molecule has 1 aliphatic heterocycles. The molecule has 0 bridgehead atoms. The average molecular weight is 355 g/mol. The minimum Gasteiger partial charge on any atom is -0.494 e. The summed E-state index contributed by atoms with van der Waals surface area (Å²) >= 11 is 0. The minimum absolute atomic E-state index is 0.155. The van der Waals surface area contributed by atoms with E-state index in [4.69, 9.17) is 14.2 Å². The zero-order valence-corrected chi connectivity index (χ0v) is 15.1. The largest absolute Gasteiger partial charge is 0.494 e. The van der Waals surface area contributed by atoms with E-state index in [1.165, 1.54) is 0 Å². The van der Waals surface area contributed by atoms with Gasteiger partial charge in [0.2, 0.25) is 0 Å². The molecule has 0 aliphatic carbocycles. The van der Waals surface area contributed by atoms with Crippen LogP contribution < -0.4 is 14.8 Å². The summed E-state index contributed by atoms with van der Waals surface area (Å²) in [6.07, 6.45) is 3.29. The molecule has 1 amide bonds. The molecule has 0 saturated carbocycles. The van der Waals surface area contributed by atoms with Crippen molar-refractivity contribution in [2.24, 2.45) is 0 Å². The SMILES string of the molecule is CCCOc1ccc(NC(=O)c2ccc(OCC3CCCO3)cc2)cc1. The quantitative estimate of drug-likeness (QED) is 0.768. The maximum absolute atomic E-state index is 12.3. The number of carbonyl (C=O) groups excluding carboxylic acids is 1. The molecule has 0 spiro atoms. The Kier molecular flexibility index (Phi) is 6.50. The highest BCUT2D eigenvalue weighted by molar-refractivity contribution is 6.04. The summed E-state index contributed by atoms with van der Waals surface area (Å²) in [6, 6.07) is 14.5. The number of benzene rings is 2. The number of amides is 1. The van der Waals surface area contributed by atoms with E-state index in [0.717, 1.165) is 43.1 Å². The van der Waals surface area contributed by atoms with Gasteiger partial charge in [0.15, 0.2) is 0 Å². The first-order valence-electron chi connectivity index (χ1n) is 9.13. The normalized spacial score (nSPS) is 16.3. The molecule has 3 rings (SSSR count). The van der Waals surface area contributed by atoms with Crippen molar-refractivity contribution in [3.8, 4) is 11.5 Å². The van der Waals surface area contributed by atoms with Crippen molar-refractivity contribution in [2.45, 2.75) is 32.3 Å². The maximum atomic E-state index is 12.3. The van der Waals surface area contributed by atoms with Gasteiger partial charge in [-0.2, -0.15) is 0 Å². The first kappa shape index (κ1) is 18.3. The van der Waals surface area contributed by atoms with E-state index in [1.807, 2.05) is 36.4 Å². The number of carbonyl (C=O) groups is 1. The molecule has 5 heteroatoms. The Morgan fingerprint density at radius 3 is 2.42 bits per heavy atom. The van der Waals surface area contributed by atoms with Crippen molar-refractivity contribution < 1.29 is 19.0 Å². The third kappa shape index (κ3) is 5.23. The molecule has 0 aromatic heterocycles. The van der Waals surface area contributed by atoms with Gasteiger partial charge in [0, 0.05) is 17.9 Å². The van der Waals surface area contributed by atoms with Gasteiger partial charge in [-0.25, -0.2) is 0 Å². The van der Waals surface area contributed by atoms with Crippen LogP contribution in [0.1, 0.15) is 36.5 Å². The molecule has 1 atom stereocenters. The van der Waals surface area contributed by atoms with Crippen LogP contribution in [0.15, 0.2) is 48.5 Å². The summed E-state index contributed by atoms with van der Waals surface area (Å²) in [6.45, 7) is 4.12. The number of rotatable bonds is 8. The predicted octanol–water partition coefficient (Wildman–Crippen LogP) is 4.29. The molecule has 1 aliphatic rings. The molecule has 2 aromatic rings. The van der Waals surface area contributed by atoms with E-state index in [0.29, 0.717) is 18.8 Å². The van der Waals surface area contributed by atoms with Gasteiger partial charge < -0.3 is 19.5 Å². The van der Waals surface area contributed by atoms with Crippen LogP contribution in [0.2, 0.25) is 0 Å². The summed E-state index contributed by atoms with van der Waals surface area (Å²) in [7, 11) is 0. The second kappa shape index (κ2) is 9.25. The Balaban J connectivity index is 1.50. The van der Waals surface area contributed by atoms with E-state index >= 15 is 0 Å². The van der Waals surface area contributed by atoms with E-state index in [-0.39, 0.29) is 12.0 Å². The Bertz CT molecular complexity index is 691. The third-order valence-corrected chi connectivity index (χ3v) is 4.16. The second-order valence-electron chi connectivity index (χ2n) is 6.30. The van der Waals surface area contributed by atoms with E-state index in [1.54, 1.807) is 12.1 Å². The van der Waals surface area contributed by atoms with Crippen LogP contribution in [0, 0.1) is 0 Å². The van der Waals surface area contributed by atoms with Crippen LogP contribution in [0.5, 0.6) is 11.5 Å². The Labute approximate surface area is 154 Å². The molecule has 2 aromatic carbocycles. The molecule has 138 valence electrons. The van der Waals surface area contributed by atoms with Gasteiger partial charge in [-0.05, 0) is 67.8 Å². The van der Waals surface area contributed by atoms with Gasteiger partial charge in [-0.3, -0.25) is 4.79 Å². The lowest BCUT2D eigenvalue weighted by molar-refractivity contribution is 0.0679. The highest BCUT2D eigenvalue weighted by Gasteiger charge is 2.16. The lowest BCUT2D eigenvalue weighted by atomic mass is 10.2. The zero-order chi connectivity index (χ0) is 18.2. The maximum Gasteiger partial charge on any atom is 0.255 e. The Hall–Kier alpha value is -2.53. The number of anilines is 1. The van der Waals surface area contributed by atoms with Crippen LogP contribution in [-0.4, -0.2) is 31.8 Å². The standard InChI is InChI=1S/C21H25NO4/c1-2-13-24-18-11-7-17(8-12-18)22-21(23)16-5-9-19(10-6-16)26-15-20-4-3-14-25-20/h5-12,20H,2-4,13-15H2,1H3,(H,22,23). The fourth-order valence-corrected chi connectivity index (χ4v) is 2.73. The predicted molar refractivity (Wildman–Crippen MR) is 101 cm³/mol. The molecule has 1 N–H and O–H groups in total. The highest BCUT2D eigenvalue weighted by Crippen LogP contribution is 2.19. The monoisotopic (exact) mass is 355 g/mol. The lowest BCUT2D eigenvalue weighted by Crippen LogP contribution is -2.16. The van der Waals surface area contributed by atoms with Crippen LogP contribution >= 0.6 is 0 Å². The van der Waals surface area contributed by atoms with Gasteiger partial charge in [-0.1, -0.05) is 6.92 Å². The molecule has 1 heterocycles. The number of hydrogen-bond donors (Lipinski definition) is 1. The lowest BCUT2D eigenvalue weighted by Gasteiger charge is -2.12. The van der Waals surface area contributed by atoms with Crippen molar-refractivity contribution in [1.29, 1.82) is 0 Å². The Morgan fingerprint density at radius 1 is 1.08 bits per heavy atom. The molecule has 0 radical (unpaired) electrons. The number of nitrogens with one attached hydrogen (secondary N) is 1. The molecule has 1 fully saturated rings. The van der Waals surface area contributed by atoms with E-state index in [2.05, 4.69) is 12.2 Å². The molecule has 1 saturated heterocycles. The van der Waals surface area contributed by atoms with Gasteiger partial charge in [-0.15, -0.1) is 0 Å². The summed E-state index contributed by atoms with van der Waals surface area (Å²) in [4.78, 5) is 12.3. The van der Waals surface area contributed by atoms with Crippen LogP contribution in [-0.2, 0) is 4.74 Å². The van der Waals surface area contributed by atoms with Gasteiger partial charge >= 0.3 is 0 Å². The van der Waals surface area contributed by atoms with Crippen LogP contribution in [0.25, 0.3) is 0 Å². The van der Waals surface area contributed by atoms with Crippen molar-refractivity contribution in [1.82, 2.24) is 0 Å². The van der Waals surface area contributed by atoms with Crippen molar-refractivity contribution in [3.05, 3.63) is 54.1 Å². The average Bonchev–Trinajstić information content (AvgIpc) is 3.20. The van der Waals surface area contributed by atoms with E-state index < -0.39 is 0 Å². The topological polar surface area (TPSA) is 56.8 Å². The molecular formula is C21H25NO4. The number of ether oxygens (including phenoxy) is 3.